The molecule has 1 saturated heterocycles. The molecule has 0 aromatic heterocycles. The Morgan fingerprint density at radius 3 is 2.45 bits per heavy atom. The van der Waals surface area contributed by atoms with Gasteiger partial charge in [-0.25, -0.2) is 0 Å². The maximum atomic E-state index is 11.1. The Labute approximate surface area is 196 Å². The van der Waals surface area contributed by atoms with Crippen LogP contribution >= 0.6 is 0 Å². The van der Waals surface area contributed by atoms with Crippen LogP contribution in [0, 0.1) is 6.61 Å². The van der Waals surface area contributed by atoms with Crippen LogP contribution in [0.5, 0.6) is 0 Å². The summed E-state index contributed by atoms with van der Waals surface area (Å²) in [6, 6.07) is -0.839. The third-order valence-corrected chi connectivity index (χ3v) is 2.77. The van der Waals surface area contributed by atoms with Gasteiger partial charge in [0.25, 0.3) is 0 Å². The number of rotatable bonds is 6. The summed E-state index contributed by atoms with van der Waals surface area (Å²) in [5, 5.41) is 39.7. The molecule has 8 nitrogen and oxygen atoms in total. The van der Waals surface area contributed by atoms with E-state index < -0.39 is 37.3 Å². The van der Waals surface area contributed by atoms with E-state index in [2.05, 4.69) is 5.32 Å². The molecule has 0 spiro atoms. The van der Waals surface area contributed by atoms with Crippen LogP contribution in [0.1, 0.15) is 13.3 Å². The van der Waals surface area contributed by atoms with Crippen molar-refractivity contribution in [3.05, 3.63) is 6.61 Å². The van der Waals surface area contributed by atoms with E-state index >= 15 is 0 Å². The monoisotopic (exact) mass is 347 g/mol. The fourth-order valence-electron chi connectivity index (χ4n) is 1.96. The number of carbonyl (C=O) groups excluding carboxylic acids is 1. The van der Waals surface area contributed by atoms with Gasteiger partial charge < -0.3 is 35.2 Å². The van der Waals surface area contributed by atoms with Gasteiger partial charge in [-0.2, -0.15) is 0 Å². The van der Waals surface area contributed by atoms with Crippen LogP contribution in [0.4, 0.5) is 0 Å². The van der Waals surface area contributed by atoms with Crippen molar-refractivity contribution in [1.29, 1.82) is 0 Å². The first-order valence-corrected chi connectivity index (χ1v) is 5.97. The van der Waals surface area contributed by atoms with Crippen molar-refractivity contribution in [2.75, 3.05) is 13.2 Å². The molecule has 1 aliphatic rings. The third kappa shape index (κ3) is 9.65. The van der Waals surface area contributed by atoms with E-state index in [1.807, 2.05) is 0 Å². The van der Waals surface area contributed by atoms with E-state index in [1.54, 1.807) is 0 Å². The first kappa shape index (κ1) is 29.0. The number of carbonyl (C=O) groups is 1. The summed E-state index contributed by atoms with van der Waals surface area (Å²) in [6.45, 7) is 1.47. The van der Waals surface area contributed by atoms with E-state index in [0.717, 1.165) is 6.61 Å². The number of hydrogen-bond donors (Lipinski definition) is 5. The van der Waals surface area contributed by atoms with Gasteiger partial charge in [0.05, 0.1) is 25.4 Å². The molecule has 0 aromatic carbocycles. The third-order valence-electron chi connectivity index (χ3n) is 2.77. The molecule has 0 aliphatic carbocycles. The number of aliphatic hydroxyl groups excluding tert-OH is 4. The van der Waals surface area contributed by atoms with Crippen molar-refractivity contribution >= 4 is 5.91 Å². The van der Waals surface area contributed by atoms with Crippen molar-refractivity contribution in [2.45, 2.75) is 44.0 Å². The fourth-order valence-corrected chi connectivity index (χ4v) is 1.96. The topological polar surface area (TPSA) is 128 Å². The van der Waals surface area contributed by atoms with Gasteiger partial charge in [-0.05, 0) is 0 Å². The standard InChI is InChI=1S/C11H20NO7.3Na/c1-6(15)12-10-7(16)4-9(18-3-2-13)19-11(10)8(17)5-14;;;/h3,7-11,13-14,16-17H,2,4-5H2,1H3,(H,12,15);;;/q;3*+1/t7-,8+,9?,10+,11+;;;/m0.../s1. The molecular formula is C11H20NNa3O7+3. The van der Waals surface area contributed by atoms with Crippen LogP contribution in [0.25, 0.3) is 0 Å². The zero-order valence-corrected chi connectivity index (χ0v) is 19.6. The van der Waals surface area contributed by atoms with Crippen LogP contribution < -0.4 is 94.0 Å². The zero-order chi connectivity index (χ0) is 14.4. The predicted molar refractivity (Wildman–Crippen MR) is 62.5 cm³/mol. The Kier molecular flexibility index (Phi) is 20.4. The molecule has 5 atom stereocenters. The summed E-state index contributed by atoms with van der Waals surface area (Å²) in [5.41, 5.74) is 0. The summed E-state index contributed by atoms with van der Waals surface area (Å²) in [4.78, 5) is 11.1. The average Bonchev–Trinajstić information content (AvgIpc) is 2.37. The molecule has 1 rings (SSSR count). The number of nitrogens with one attached hydrogen (secondary N) is 1. The normalized spacial score (nSPS) is 28.4. The summed E-state index contributed by atoms with van der Waals surface area (Å²) in [5.74, 6) is -0.385. The Bertz CT molecular complexity index is 301. The molecule has 0 aromatic rings. The SMILES string of the molecule is CC(=O)N[C@H]1[C@@H]([C@H](O)CO)OC(O[CH]CO)C[C@@H]1O.[Na+].[Na+].[Na+]. The Morgan fingerprint density at radius 1 is 1.41 bits per heavy atom. The summed E-state index contributed by atoms with van der Waals surface area (Å²) >= 11 is 0. The van der Waals surface area contributed by atoms with Crippen LogP contribution in [-0.2, 0) is 14.3 Å². The largest absolute Gasteiger partial charge is 1.00 e. The van der Waals surface area contributed by atoms with Crippen LogP contribution in [0.15, 0.2) is 0 Å². The van der Waals surface area contributed by atoms with Crippen molar-refractivity contribution in [1.82, 2.24) is 5.32 Å². The van der Waals surface area contributed by atoms with Gasteiger partial charge in [-0.3, -0.25) is 4.79 Å². The predicted octanol–water partition coefficient (Wildman–Crippen LogP) is -11.5. The summed E-state index contributed by atoms with van der Waals surface area (Å²) in [6.07, 6.45) is -4.07. The van der Waals surface area contributed by atoms with E-state index in [-0.39, 0.29) is 108 Å². The Hall–Kier alpha value is 2.23. The second kappa shape index (κ2) is 15.5. The van der Waals surface area contributed by atoms with Crippen LogP contribution in [0.3, 0.4) is 0 Å². The van der Waals surface area contributed by atoms with E-state index in [9.17, 15) is 15.0 Å². The van der Waals surface area contributed by atoms with Crippen LogP contribution in [-0.4, -0.2) is 70.2 Å². The smallest absolute Gasteiger partial charge is 0.394 e. The average molecular weight is 347 g/mol. The minimum absolute atomic E-state index is 0. The van der Waals surface area contributed by atoms with Gasteiger partial charge in [-0.15, -0.1) is 0 Å². The Balaban J connectivity index is -0.00000120. The van der Waals surface area contributed by atoms with Gasteiger partial charge in [0.15, 0.2) is 6.29 Å². The van der Waals surface area contributed by atoms with Gasteiger partial charge in [0.1, 0.15) is 18.8 Å². The maximum absolute atomic E-state index is 11.1. The van der Waals surface area contributed by atoms with Crippen LogP contribution in [0.2, 0.25) is 0 Å². The molecule has 0 saturated carbocycles. The minimum Gasteiger partial charge on any atom is -0.394 e. The van der Waals surface area contributed by atoms with Crippen molar-refractivity contribution < 1.29 is 123 Å². The second-order valence-electron chi connectivity index (χ2n) is 4.29. The Morgan fingerprint density at radius 2 is 2.00 bits per heavy atom. The van der Waals surface area contributed by atoms with E-state index in [1.165, 1.54) is 6.92 Å². The van der Waals surface area contributed by atoms with Gasteiger partial charge >= 0.3 is 88.7 Å². The molecule has 1 unspecified atom stereocenters. The molecule has 111 valence electrons. The molecule has 5 N–H and O–H groups in total. The summed E-state index contributed by atoms with van der Waals surface area (Å²) < 4.78 is 10.4. The summed E-state index contributed by atoms with van der Waals surface area (Å²) in [7, 11) is 0. The fraction of sp³-hybridized carbons (Fsp3) is 0.818. The van der Waals surface area contributed by atoms with E-state index in [0.29, 0.717) is 0 Å². The van der Waals surface area contributed by atoms with Crippen molar-refractivity contribution in [3.8, 4) is 0 Å². The number of amides is 1. The van der Waals surface area contributed by atoms with E-state index in [4.69, 9.17) is 19.7 Å². The first-order valence-electron chi connectivity index (χ1n) is 5.97. The minimum atomic E-state index is -1.27. The molecule has 1 radical (unpaired) electrons. The first-order chi connectivity index (χ1) is 8.99. The molecule has 22 heavy (non-hydrogen) atoms. The zero-order valence-electron chi connectivity index (χ0n) is 13.6. The quantitative estimate of drug-likeness (QED) is 0.302. The molecule has 0 bridgehead atoms. The molecule has 1 fully saturated rings. The van der Waals surface area contributed by atoms with Gasteiger partial charge in [-0.1, -0.05) is 0 Å². The molecule has 1 heterocycles. The maximum Gasteiger partial charge on any atom is 1.00 e. The molecule has 1 amide bonds. The molecule has 1 aliphatic heterocycles. The van der Waals surface area contributed by atoms with Gasteiger partial charge in [0.2, 0.25) is 5.91 Å². The molecular weight excluding hydrogens is 327 g/mol. The van der Waals surface area contributed by atoms with Crippen molar-refractivity contribution in [3.63, 3.8) is 0 Å². The van der Waals surface area contributed by atoms with Gasteiger partial charge in [0, 0.05) is 13.3 Å². The molecule has 11 heteroatoms. The number of hydrogen-bond acceptors (Lipinski definition) is 7. The second-order valence-corrected chi connectivity index (χ2v) is 4.29. The number of aliphatic hydroxyl groups is 4. The number of ether oxygens (including phenoxy) is 2. The van der Waals surface area contributed by atoms with Crippen molar-refractivity contribution in [2.24, 2.45) is 0 Å².